The Bertz CT molecular complexity index is 1000. The first-order valence-electron chi connectivity index (χ1n) is 8.28. The van der Waals surface area contributed by atoms with Gasteiger partial charge in [-0.15, -0.1) is 0 Å². The van der Waals surface area contributed by atoms with Crippen LogP contribution < -0.4 is 14.9 Å². The van der Waals surface area contributed by atoms with Crippen LogP contribution in [-0.2, 0) is 26.0 Å². The van der Waals surface area contributed by atoms with Crippen molar-refractivity contribution in [2.45, 2.75) is 24.2 Å². The molecule has 2 N–H and O–H groups in total. The molecule has 134 valence electrons. The smallest absolute Gasteiger partial charge is 0.261 e. The fourth-order valence-corrected chi connectivity index (χ4v) is 4.33. The van der Waals surface area contributed by atoms with Gasteiger partial charge in [-0.2, -0.15) is 0 Å². The van der Waals surface area contributed by atoms with Crippen LogP contribution >= 0.6 is 0 Å². The summed E-state index contributed by atoms with van der Waals surface area (Å²) in [5.74, 6) is -0.0609. The highest BCUT2D eigenvalue weighted by molar-refractivity contribution is 7.92. The molecule has 2 amide bonds. The maximum Gasteiger partial charge on any atom is 0.261 e. The fraction of sp³-hybridized carbons (Fsp3) is 0.222. The lowest BCUT2D eigenvalue weighted by atomic mass is 10.2. The van der Waals surface area contributed by atoms with E-state index in [1.54, 1.807) is 35.2 Å². The number of hydrogen-bond donors (Lipinski definition) is 2. The first-order valence-corrected chi connectivity index (χ1v) is 9.77. The van der Waals surface area contributed by atoms with Crippen LogP contribution in [0.2, 0.25) is 0 Å². The van der Waals surface area contributed by atoms with Crippen LogP contribution in [0, 0.1) is 0 Å². The van der Waals surface area contributed by atoms with Crippen molar-refractivity contribution in [1.82, 2.24) is 0 Å². The monoisotopic (exact) mass is 371 g/mol. The normalized spacial score (nSPS) is 16.5. The second-order valence-electron chi connectivity index (χ2n) is 6.35. The second kappa shape index (κ2) is 6.14. The van der Waals surface area contributed by atoms with Crippen molar-refractivity contribution in [2.75, 3.05) is 21.5 Å². The van der Waals surface area contributed by atoms with Crippen molar-refractivity contribution >= 4 is 38.9 Å². The number of anilines is 3. The summed E-state index contributed by atoms with van der Waals surface area (Å²) in [6.07, 6.45) is 1.56. The van der Waals surface area contributed by atoms with Gasteiger partial charge in [0.25, 0.3) is 10.0 Å². The largest absolute Gasteiger partial charge is 0.326 e. The molecule has 0 bridgehead atoms. The van der Waals surface area contributed by atoms with Crippen molar-refractivity contribution in [3.63, 3.8) is 0 Å². The molecule has 2 heterocycles. The van der Waals surface area contributed by atoms with E-state index in [0.717, 1.165) is 12.1 Å². The van der Waals surface area contributed by atoms with Gasteiger partial charge in [-0.3, -0.25) is 14.3 Å². The van der Waals surface area contributed by atoms with E-state index in [0.29, 0.717) is 29.9 Å². The number of benzene rings is 2. The molecule has 2 aliphatic rings. The summed E-state index contributed by atoms with van der Waals surface area (Å²) >= 11 is 0. The maximum atomic E-state index is 12.6. The molecule has 1 saturated heterocycles. The molecule has 7 nitrogen and oxygen atoms in total. The number of carbonyl (C=O) groups is 2. The Labute approximate surface area is 151 Å². The van der Waals surface area contributed by atoms with Gasteiger partial charge in [0, 0.05) is 30.0 Å². The van der Waals surface area contributed by atoms with Crippen LogP contribution in [0.25, 0.3) is 0 Å². The summed E-state index contributed by atoms with van der Waals surface area (Å²) in [4.78, 5) is 25.0. The van der Waals surface area contributed by atoms with E-state index in [4.69, 9.17) is 0 Å². The lowest BCUT2D eigenvalue weighted by Crippen LogP contribution is -2.23. The lowest BCUT2D eigenvalue weighted by Gasteiger charge is -2.16. The van der Waals surface area contributed by atoms with E-state index in [2.05, 4.69) is 10.0 Å². The van der Waals surface area contributed by atoms with Gasteiger partial charge in [0.15, 0.2) is 0 Å². The van der Waals surface area contributed by atoms with Gasteiger partial charge < -0.3 is 10.2 Å². The van der Waals surface area contributed by atoms with Crippen molar-refractivity contribution in [3.8, 4) is 0 Å². The standard InChI is InChI=1S/C18H17N3O4S/c22-17-11-12-10-15(7-8-16(12)19-17)26(24,25)20-13-3-5-14(6-4-13)21-9-1-2-18(21)23/h3-8,10,20H,1-2,9,11H2,(H,19,22). The van der Waals surface area contributed by atoms with Crippen LogP contribution in [0.5, 0.6) is 0 Å². The number of amides is 2. The predicted molar refractivity (Wildman–Crippen MR) is 97.6 cm³/mol. The minimum absolute atomic E-state index is 0.0830. The molecule has 8 heteroatoms. The summed E-state index contributed by atoms with van der Waals surface area (Å²) in [6.45, 7) is 0.686. The maximum absolute atomic E-state index is 12.6. The molecule has 1 fully saturated rings. The molecule has 0 spiro atoms. The van der Waals surface area contributed by atoms with Crippen molar-refractivity contribution < 1.29 is 18.0 Å². The highest BCUT2D eigenvalue weighted by atomic mass is 32.2. The van der Waals surface area contributed by atoms with Crippen LogP contribution in [-0.4, -0.2) is 26.8 Å². The van der Waals surface area contributed by atoms with E-state index in [9.17, 15) is 18.0 Å². The van der Waals surface area contributed by atoms with Gasteiger partial charge in [-0.1, -0.05) is 0 Å². The van der Waals surface area contributed by atoms with Gasteiger partial charge in [0.1, 0.15) is 0 Å². The highest BCUT2D eigenvalue weighted by Crippen LogP contribution is 2.28. The molecule has 2 aliphatic heterocycles. The number of carbonyl (C=O) groups excluding carboxylic acids is 2. The average molecular weight is 371 g/mol. The molecule has 0 radical (unpaired) electrons. The van der Waals surface area contributed by atoms with E-state index < -0.39 is 10.0 Å². The third-order valence-electron chi connectivity index (χ3n) is 4.52. The quantitative estimate of drug-likeness (QED) is 0.860. The Hall–Kier alpha value is -2.87. The molecular formula is C18H17N3O4S. The number of nitrogens with one attached hydrogen (secondary N) is 2. The van der Waals surface area contributed by atoms with Gasteiger partial charge in [-0.05, 0) is 54.4 Å². The predicted octanol–water partition coefficient (Wildman–Crippen LogP) is 2.11. The number of sulfonamides is 1. The number of rotatable bonds is 4. The van der Waals surface area contributed by atoms with Crippen molar-refractivity contribution in [2.24, 2.45) is 0 Å². The van der Waals surface area contributed by atoms with Gasteiger partial charge in [0.05, 0.1) is 11.3 Å². The average Bonchev–Trinajstić information content (AvgIpc) is 3.19. The van der Waals surface area contributed by atoms with Crippen LogP contribution in [0.15, 0.2) is 47.4 Å². The molecule has 0 aromatic heterocycles. The Morgan fingerprint density at radius 2 is 1.81 bits per heavy atom. The summed E-state index contributed by atoms with van der Waals surface area (Å²) in [6, 6.07) is 11.3. The SMILES string of the molecule is O=C1Cc2cc(S(=O)(=O)Nc3ccc(N4CCCC4=O)cc3)ccc2N1. The Morgan fingerprint density at radius 3 is 2.50 bits per heavy atom. The molecule has 26 heavy (non-hydrogen) atoms. The number of nitrogens with zero attached hydrogens (tertiary/aromatic N) is 1. The molecule has 2 aromatic rings. The van der Waals surface area contributed by atoms with Crippen molar-refractivity contribution in [1.29, 1.82) is 0 Å². The second-order valence-corrected chi connectivity index (χ2v) is 8.03. The summed E-state index contributed by atoms with van der Waals surface area (Å²) in [7, 11) is -3.76. The molecule has 0 unspecified atom stereocenters. The highest BCUT2D eigenvalue weighted by Gasteiger charge is 2.23. The van der Waals surface area contributed by atoms with Gasteiger partial charge >= 0.3 is 0 Å². The first-order chi connectivity index (χ1) is 12.4. The molecule has 0 aliphatic carbocycles. The van der Waals surface area contributed by atoms with Gasteiger partial charge in [0.2, 0.25) is 11.8 Å². The third kappa shape index (κ3) is 3.03. The van der Waals surface area contributed by atoms with Crippen LogP contribution in [0.1, 0.15) is 18.4 Å². The lowest BCUT2D eigenvalue weighted by molar-refractivity contribution is -0.117. The van der Waals surface area contributed by atoms with E-state index in [-0.39, 0.29) is 23.1 Å². The number of hydrogen-bond acceptors (Lipinski definition) is 4. The minimum atomic E-state index is -3.76. The molecule has 4 rings (SSSR count). The van der Waals surface area contributed by atoms with Crippen molar-refractivity contribution in [3.05, 3.63) is 48.0 Å². The minimum Gasteiger partial charge on any atom is -0.326 e. The van der Waals surface area contributed by atoms with E-state index in [1.807, 2.05) is 0 Å². The topological polar surface area (TPSA) is 95.6 Å². The zero-order valence-electron chi connectivity index (χ0n) is 13.9. The fourth-order valence-electron chi connectivity index (χ4n) is 3.22. The zero-order valence-corrected chi connectivity index (χ0v) is 14.7. The summed E-state index contributed by atoms with van der Waals surface area (Å²) < 4.78 is 27.7. The summed E-state index contributed by atoms with van der Waals surface area (Å²) in [5, 5.41) is 2.68. The molecular weight excluding hydrogens is 354 g/mol. The van der Waals surface area contributed by atoms with E-state index in [1.165, 1.54) is 12.1 Å². The first kappa shape index (κ1) is 16.6. The Balaban J connectivity index is 1.54. The zero-order chi connectivity index (χ0) is 18.3. The molecule has 0 saturated carbocycles. The Kier molecular flexibility index (Phi) is 3.91. The molecule has 2 aromatic carbocycles. The van der Waals surface area contributed by atoms with Gasteiger partial charge in [-0.25, -0.2) is 8.42 Å². The van der Waals surface area contributed by atoms with E-state index >= 15 is 0 Å². The summed E-state index contributed by atoms with van der Waals surface area (Å²) in [5.41, 5.74) is 2.49. The van der Waals surface area contributed by atoms with Crippen LogP contribution in [0.4, 0.5) is 17.1 Å². The Morgan fingerprint density at radius 1 is 1.04 bits per heavy atom. The number of fused-ring (bicyclic) bond motifs is 1. The molecule has 0 atom stereocenters. The third-order valence-corrected chi connectivity index (χ3v) is 5.90. The van der Waals surface area contributed by atoms with Crippen LogP contribution in [0.3, 0.4) is 0 Å².